The molecule has 0 saturated carbocycles. The van der Waals surface area contributed by atoms with Gasteiger partial charge in [-0.25, -0.2) is 0 Å². The topological polar surface area (TPSA) is 69.6 Å². The summed E-state index contributed by atoms with van der Waals surface area (Å²) >= 11 is 0. The number of unbranched alkanes of at least 4 members (excludes halogenated alkanes) is 23. The number of carbonyl (C=O) groups excluding carboxylic acids is 1. The Morgan fingerprint density at radius 3 is 1.22 bits per heavy atom. The van der Waals surface area contributed by atoms with Gasteiger partial charge in [-0.05, 0) is 12.8 Å². The van der Waals surface area contributed by atoms with Gasteiger partial charge in [0.15, 0.2) is 0 Å². The molecule has 0 fully saturated rings. The standard InChI is InChI=1S/C33H67NO3/c1-3-5-7-9-11-13-15-16-17-19-21-23-25-27-29-33(37)34-31(30-35)32(36)28-26-24-22-20-18-14-12-10-8-6-4-2/h31-32,35-36H,3-30H2,1-2H3,(H,34,37). The van der Waals surface area contributed by atoms with E-state index in [1.54, 1.807) is 0 Å². The Labute approximate surface area is 232 Å². The third-order valence-corrected chi connectivity index (χ3v) is 7.87. The molecule has 2 atom stereocenters. The zero-order valence-electron chi connectivity index (χ0n) is 25.3. The summed E-state index contributed by atoms with van der Waals surface area (Å²) in [4.78, 5) is 12.3. The van der Waals surface area contributed by atoms with E-state index < -0.39 is 12.1 Å². The molecule has 0 spiro atoms. The van der Waals surface area contributed by atoms with Crippen LogP contribution < -0.4 is 5.32 Å². The van der Waals surface area contributed by atoms with Crippen molar-refractivity contribution in [3.63, 3.8) is 0 Å². The highest BCUT2D eigenvalue weighted by molar-refractivity contribution is 5.76. The molecule has 0 bridgehead atoms. The van der Waals surface area contributed by atoms with Gasteiger partial charge < -0.3 is 15.5 Å². The van der Waals surface area contributed by atoms with E-state index >= 15 is 0 Å². The van der Waals surface area contributed by atoms with Crippen molar-refractivity contribution in [2.45, 2.75) is 199 Å². The van der Waals surface area contributed by atoms with Crippen molar-refractivity contribution >= 4 is 5.91 Å². The summed E-state index contributed by atoms with van der Waals surface area (Å²) < 4.78 is 0. The molecule has 4 heteroatoms. The molecule has 0 aromatic rings. The van der Waals surface area contributed by atoms with E-state index in [0.29, 0.717) is 12.8 Å². The van der Waals surface area contributed by atoms with Gasteiger partial charge in [0.2, 0.25) is 5.91 Å². The number of hydrogen-bond acceptors (Lipinski definition) is 3. The lowest BCUT2D eigenvalue weighted by Gasteiger charge is -2.22. The van der Waals surface area contributed by atoms with Crippen LogP contribution in [0.3, 0.4) is 0 Å². The highest BCUT2D eigenvalue weighted by atomic mass is 16.3. The van der Waals surface area contributed by atoms with Crippen LogP contribution >= 0.6 is 0 Å². The maximum atomic E-state index is 12.3. The Balaban J connectivity index is 3.55. The zero-order chi connectivity index (χ0) is 27.2. The summed E-state index contributed by atoms with van der Waals surface area (Å²) in [5, 5.41) is 22.9. The molecule has 2 unspecified atom stereocenters. The van der Waals surface area contributed by atoms with Crippen molar-refractivity contribution < 1.29 is 15.0 Å². The lowest BCUT2D eigenvalue weighted by Crippen LogP contribution is -2.45. The van der Waals surface area contributed by atoms with Crippen molar-refractivity contribution in [1.29, 1.82) is 0 Å². The molecule has 0 radical (unpaired) electrons. The van der Waals surface area contributed by atoms with Gasteiger partial charge in [0.1, 0.15) is 0 Å². The summed E-state index contributed by atoms with van der Waals surface area (Å²) in [6.07, 6.45) is 32.9. The van der Waals surface area contributed by atoms with Crippen LogP contribution in [0, 0.1) is 0 Å². The molecule has 0 saturated heterocycles. The molecule has 0 heterocycles. The average Bonchev–Trinajstić information content (AvgIpc) is 2.90. The zero-order valence-corrected chi connectivity index (χ0v) is 25.3. The van der Waals surface area contributed by atoms with E-state index in [2.05, 4.69) is 19.2 Å². The summed E-state index contributed by atoms with van der Waals surface area (Å²) in [6, 6.07) is -0.526. The predicted molar refractivity (Wildman–Crippen MR) is 161 cm³/mol. The lowest BCUT2D eigenvalue weighted by atomic mass is 10.0. The van der Waals surface area contributed by atoms with Gasteiger partial charge in [-0.2, -0.15) is 0 Å². The third-order valence-electron chi connectivity index (χ3n) is 7.87. The Morgan fingerprint density at radius 2 is 0.865 bits per heavy atom. The van der Waals surface area contributed by atoms with Crippen molar-refractivity contribution in [3.8, 4) is 0 Å². The second-order valence-electron chi connectivity index (χ2n) is 11.6. The monoisotopic (exact) mass is 526 g/mol. The first-order valence-electron chi connectivity index (χ1n) is 16.7. The van der Waals surface area contributed by atoms with Crippen LogP contribution in [0.4, 0.5) is 0 Å². The smallest absolute Gasteiger partial charge is 0.220 e. The fourth-order valence-corrected chi connectivity index (χ4v) is 5.24. The number of nitrogens with one attached hydrogen (secondary N) is 1. The first kappa shape index (κ1) is 36.4. The van der Waals surface area contributed by atoms with Crippen LogP contribution in [0.5, 0.6) is 0 Å². The van der Waals surface area contributed by atoms with Gasteiger partial charge in [-0.15, -0.1) is 0 Å². The fraction of sp³-hybridized carbons (Fsp3) is 0.970. The molecule has 0 aliphatic rings. The van der Waals surface area contributed by atoms with Gasteiger partial charge >= 0.3 is 0 Å². The second kappa shape index (κ2) is 29.9. The largest absolute Gasteiger partial charge is 0.394 e. The molecule has 1 amide bonds. The minimum Gasteiger partial charge on any atom is -0.394 e. The summed E-state index contributed by atoms with van der Waals surface area (Å²) in [7, 11) is 0. The van der Waals surface area contributed by atoms with Gasteiger partial charge in [-0.3, -0.25) is 4.79 Å². The van der Waals surface area contributed by atoms with Gasteiger partial charge in [0, 0.05) is 6.42 Å². The highest BCUT2D eigenvalue weighted by Gasteiger charge is 2.19. The Hall–Kier alpha value is -0.610. The number of aliphatic hydroxyl groups is 2. The van der Waals surface area contributed by atoms with Crippen molar-refractivity contribution in [1.82, 2.24) is 5.32 Å². The molecule has 0 aromatic heterocycles. The van der Waals surface area contributed by atoms with Gasteiger partial charge in [0.25, 0.3) is 0 Å². The predicted octanol–water partition coefficient (Wildman–Crippen LogP) is 9.40. The summed E-state index contributed by atoms with van der Waals surface area (Å²) in [5.74, 6) is -0.0315. The van der Waals surface area contributed by atoms with E-state index in [4.69, 9.17) is 0 Å². The highest BCUT2D eigenvalue weighted by Crippen LogP contribution is 2.15. The fourth-order valence-electron chi connectivity index (χ4n) is 5.24. The van der Waals surface area contributed by atoms with E-state index in [0.717, 1.165) is 25.7 Å². The van der Waals surface area contributed by atoms with Crippen molar-refractivity contribution in [3.05, 3.63) is 0 Å². The normalized spacial score (nSPS) is 13.1. The Morgan fingerprint density at radius 1 is 0.541 bits per heavy atom. The van der Waals surface area contributed by atoms with E-state index in [1.807, 2.05) is 0 Å². The van der Waals surface area contributed by atoms with Crippen molar-refractivity contribution in [2.75, 3.05) is 6.61 Å². The molecule has 0 aromatic carbocycles. The maximum absolute atomic E-state index is 12.3. The van der Waals surface area contributed by atoms with Crippen LogP contribution in [-0.2, 0) is 4.79 Å². The third kappa shape index (κ3) is 26.8. The minimum absolute atomic E-state index is 0.0315. The molecule has 4 nitrogen and oxygen atoms in total. The molecule has 3 N–H and O–H groups in total. The molecule has 37 heavy (non-hydrogen) atoms. The van der Waals surface area contributed by atoms with Crippen LogP contribution in [0.15, 0.2) is 0 Å². The number of carbonyl (C=O) groups is 1. The number of hydrogen-bond donors (Lipinski definition) is 3. The Bertz CT molecular complexity index is 457. The van der Waals surface area contributed by atoms with E-state index in [9.17, 15) is 15.0 Å². The number of aliphatic hydroxyl groups excluding tert-OH is 2. The number of amides is 1. The van der Waals surface area contributed by atoms with Crippen LogP contribution in [0.1, 0.15) is 187 Å². The van der Waals surface area contributed by atoms with Gasteiger partial charge in [0.05, 0.1) is 18.8 Å². The summed E-state index contributed by atoms with van der Waals surface area (Å²) in [5.41, 5.74) is 0. The second-order valence-corrected chi connectivity index (χ2v) is 11.6. The minimum atomic E-state index is -0.649. The molecular formula is C33H67NO3. The molecular weight excluding hydrogens is 458 g/mol. The van der Waals surface area contributed by atoms with E-state index in [1.165, 1.54) is 135 Å². The van der Waals surface area contributed by atoms with Crippen LogP contribution in [-0.4, -0.2) is 34.9 Å². The maximum Gasteiger partial charge on any atom is 0.220 e. The average molecular weight is 526 g/mol. The Kier molecular flexibility index (Phi) is 29.4. The molecule has 0 aliphatic heterocycles. The van der Waals surface area contributed by atoms with Crippen LogP contribution in [0.2, 0.25) is 0 Å². The first-order valence-corrected chi connectivity index (χ1v) is 16.7. The van der Waals surface area contributed by atoms with Crippen molar-refractivity contribution in [2.24, 2.45) is 0 Å². The molecule has 222 valence electrons. The quantitative estimate of drug-likeness (QED) is 0.0818. The van der Waals surface area contributed by atoms with Crippen LogP contribution in [0.25, 0.3) is 0 Å². The molecule has 0 aliphatic carbocycles. The van der Waals surface area contributed by atoms with Gasteiger partial charge in [-0.1, -0.05) is 168 Å². The van der Waals surface area contributed by atoms with E-state index in [-0.39, 0.29) is 12.5 Å². The SMILES string of the molecule is CCCCCCCCCCCCCCCCC(=O)NC(CO)C(O)CCCCCCCCCCCCC. The molecule has 0 rings (SSSR count). The summed E-state index contributed by atoms with van der Waals surface area (Å²) in [6.45, 7) is 4.34. The number of rotatable bonds is 30. The lowest BCUT2D eigenvalue weighted by molar-refractivity contribution is -0.123. The first-order chi connectivity index (χ1) is 18.2.